The van der Waals surface area contributed by atoms with Crippen molar-refractivity contribution in [3.05, 3.63) is 30.1 Å². The van der Waals surface area contributed by atoms with Crippen molar-refractivity contribution < 1.29 is 18.4 Å². The average molecular weight is 246 g/mol. The lowest BCUT2D eigenvalue weighted by molar-refractivity contribution is 0.0547. The second-order valence-electron chi connectivity index (χ2n) is 3.28. The first kappa shape index (κ1) is 13.3. The van der Waals surface area contributed by atoms with Crippen molar-refractivity contribution in [3.8, 4) is 0 Å². The number of halogens is 1. The summed E-state index contributed by atoms with van der Waals surface area (Å²) < 4.78 is 29.3. The third-order valence-electron chi connectivity index (χ3n) is 1.93. The standard InChI is InChI=1S/C11H15FO3S/c1-2-15-7-10(13)8-16(14)11-5-3-9(12)4-6-11/h3-6,10,13H,2,7-8H2,1H3. The number of rotatable bonds is 6. The molecule has 0 spiro atoms. The van der Waals surface area contributed by atoms with Crippen molar-refractivity contribution in [2.75, 3.05) is 19.0 Å². The highest BCUT2D eigenvalue weighted by Gasteiger charge is 2.11. The van der Waals surface area contributed by atoms with Crippen LogP contribution in [0.1, 0.15) is 6.92 Å². The maximum absolute atomic E-state index is 12.6. The molecule has 90 valence electrons. The fourth-order valence-electron chi connectivity index (χ4n) is 1.16. The van der Waals surface area contributed by atoms with Crippen molar-refractivity contribution in [2.24, 2.45) is 0 Å². The van der Waals surface area contributed by atoms with Gasteiger partial charge in [0.25, 0.3) is 0 Å². The van der Waals surface area contributed by atoms with Gasteiger partial charge in [0, 0.05) is 11.5 Å². The lowest BCUT2D eigenvalue weighted by atomic mass is 10.4. The largest absolute Gasteiger partial charge is 0.390 e. The molecule has 0 bridgehead atoms. The average Bonchev–Trinajstić information content (AvgIpc) is 2.27. The second-order valence-corrected chi connectivity index (χ2v) is 4.78. The number of hydrogen-bond acceptors (Lipinski definition) is 3. The van der Waals surface area contributed by atoms with Crippen LogP contribution in [0.3, 0.4) is 0 Å². The summed E-state index contributed by atoms with van der Waals surface area (Å²) >= 11 is 0. The van der Waals surface area contributed by atoms with E-state index >= 15 is 0 Å². The van der Waals surface area contributed by atoms with E-state index in [0.29, 0.717) is 11.5 Å². The van der Waals surface area contributed by atoms with Crippen LogP contribution >= 0.6 is 0 Å². The molecule has 0 heterocycles. The Labute approximate surface area is 96.7 Å². The molecule has 1 rings (SSSR count). The zero-order valence-corrected chi connectivity index (χ0v) is 9.87. The first-order chi connectivity index (χ1) is 7.63. The molecule has 0 aromatic heterocycles. The van der Waals surface area contributed by atoms with Gasteiger partial charge in [-0.05, 0) is 31.2 Å². The van der Waals surface area contributed by atoms with Gasteiger partial charge in [0.2, 0.25) is 0 Å². The Morgan fingerprint density at radius 1 is 1.44 bits per heavy atom. The molecule has 0 radical (unpaired) electrons. The Balaban J connectivity index is 2.48. The predicted octanol–water partition coefficient (Wildman–Crippen LogP) is 1.33. The first-order valence-electron chi connectivity index (χ1n) is 5.03. The van der Waals surface area contributed by atoms with Crippen LogP contribution in [0.2, 0.25) is 0 Å². The molecular weight excluding hydrogens is 231 g/mol. The van der Waals surface area contributed by atoms with Gasteiger partial charge < -0.3 is 9.84 Å². The van der Waals surface area contributed by atoms with E-state index in [2.05, 4.69) is 0 Å². The molecule has 0 aliphatic heterocycles. The SMILES string of the molecule is CCOCC(O)CS(=O)c1ccc(F)cc1. The third kappa shape index (κ3) is 4.38. The molecule has 0 aliphatic rings. The summed E-state index contributed by atoms with van der Waals surface area (Å²) in [6.45, 7) is 2.51. The van der Waals surface area contributed by atoms with E-state index in [0.717, 1.165) is 0 Å². The number of benzene rings is 1. The van der Waals surface area contributed by atoms with Crippen LogP contribution < -0.4 is 0 Å². The fourth-order valence-corrected chi connectivity index (χ4v) is 2.24. The maximum Gasteiger partial charge on any atom is 0.123 e. The van der Waals surface area contributed by atoms with E-state index in [1.807, 2.05) is 6.92 Å². The Morgan fingerprint density at radius 2 is 2.06 bits per heavy atom. The van der Waals surface area contributed by atoms with Crippen molar-refractivity contribution >= 4 is 10.8 Å². The first-order valence-corrected chi connectivity index (χ1v) is 6.35. The highest BCUT2D eigenvalue weighted by atomic mass is 32.2. The summed E-state index contributed by atoms with van der Waals surface area (Å²) in [7, 11) is -1.32. The van der Waals surface area contributed by atoms with Gasteiger partial charge in [-0.2, -0.15) is 0 Å². The van der Waals surface area contributed by atoms with Crippen LogP contribution in [-0.4, -0.2) is 34.4 Å². The molecular formula is C11H15FO3S. The van der Waals surface area contributed by atoms with E-state index in [4.69, 9.17) is 4.74 Å². The topological polar surface area (TPSA) is 46.5 Å². The zero-order chi connectivity index (χ0) is 12.0. The molecule has 0 saturated carbocycles. The van der Waals surface area contributed by atoms with Gasteiger partial charge in [-0.1, -0.05) is 0 Å². The monoisotopic (exact) mass is 246 g/mol. The molecule has 3 nitrogen and oxygen atoms in total. The van der Waals surface area contributed by atoms with Crippen molar-refractivity contribution in [1.29, 1.82) is 0 Å². The number of aliphatic hydroxyl groups is 1. The minimum atomic E-state index is -1.32. The van der Waals surface area contributed by atoms with Crippen LogP contribution in [-0.2, 0) is 15.5 Å². The Hall–Kier alpha value is -0.780. The minimum absolute atomic E-state index is 0.103. The maximum atomic E-state index is 12.6. The quantitative estimate of drug-likeness (QED) is 0.823. The van der Waals surface area contributed by atoms with Gasteiger partial charge in [0.15, 0.2) is 0 Å². The van der Waals surface area contributed by atoms with Gasteiger partial charge in [-0.3, -0.25) is 4.21 Å². The Kier molecular flexibility index (Phi) is 5.59. The van der Waals surface area contributed by atoms with Gasteiger partial charge in [-0.15, -0.1) is 0 Å². The molecule has 16 heavy (non-hydrogen) atoms. The van der Waals surface area contributed by atoms with E-state index in [1.54, 1.807) is 0 Å². The molecule has 0 saturated heterocycles. The van der Waals surface area contributed by atoms with Crippen LogP contribution in [0.5, 0.6) is 0 Å². The van der Waals surface area contributed by atoms with Crippen molar-refractivity contribution in [1.82, 2.24) is 0 Å². The number of aliphatic hydroxyl groups excluding tert-OH is 1. The van der Waals surface area contributed by atoms with Crippen LogP contribution in [0.25, 0.3) is 0 Å². The van der Waals surface area contributed by atoms with E-state index in [9.17, 15) is 13.7 Å². The van der Waals surface area contributed by atoms with Crippen LogP contribution in [0, 0.1) is 5.82 Å². The lowest BCUT2D eigenvalue weighted by Gasteiger charge is -2.09. The zero-order valence-electron chi connectivity index (χ0n) is 9.06. The highest BCUT2D eigenvalue weighted by molar-refractivity contribution is 7.85. The van der Waals surface area contributed by atoms with Crippen molar-refractivity contribution in [2.45, 2.75) is 17.9 Å². The molecule has 5 heteroatoms. The molecule has 0 amide bonds. The van der Waals surface area contributed by atoms with Gasteiger partial charge in [-0.25, -0.2) is 4.39 Å². The molecule has 0 fully saturated rings. The lowest BCUT2D eigenvalue weighted by Crippen LogP contribution is -2.22. The number of hydrogen-bond donors (Lipinski definition) is 1. The van der Waals surface area contributed by atoms with E-state index < -0.39 is 16.9 Å². The molecule has 1 aromatic carbocycles. The molecule has 2 atom stereocenters. The summed E-state index contributed by atoms with van der Waals surface area (Å²) in [5, 5.41) is 9.47. The minimum Gasteiger partial charge on any atom is -0.390 e. The van der Waals surface area contributed by atoms with Gasteiger partial charge in [0.1, 0.15) is 5.82 Å². The summed E-state index contributed by atoms with van der Waals surface area (Å²) in [6.07, 6.45) is -0.758. The predicted molar refractivity (Wildman–Crippen MR) is 60.2 cm³/mol. The molecule has 1 N–H and O–H groups in total. The third-order valence-corrected chi connectivity index (χ3v) is 3.42. The number of ether oxygens (including phenoxy) is 1. The molecule has 2 unspecified atom stereocenters. The Morgan fingerprint density at radius 3 is 2.62 bits per heavy atom. The fraction of sp³-hybridized carbons (Fsp3) is 0.455. The normalized spacial score (nSPS) is 14.7. The highest BCUT2D eigenvalue weighted by Crippen LogP contribution is 2.09. The van der Waals surface area contributed by atoms with Crippen molar-refractivity contribution in [3.63, 3.8) is 0 Å². The van der Waals surface area contributed by atoms with Crippen LogP contribution in [0.15, 0.2) is 29.2 Å². The smallest absolute Gasteiger partial charge is 0.123 e. The van der Waals surface area contributed by atoms with Crippen LogP contribution in [0.4, 0.5) is 4.39 Å². The second kappa shape index (κ2) is 6.73. The summed E-state index contributed by atoms with van der Waals surface area (Å²) in [6, 6.07) is 5.42. The van der Waals surface area contributed by atoms with Gasteiger partial charge >= 0.3 is 0 Å². The summed E-state index contributed by atoms with van der Waals surface area (Å²) in [4.78, 5) is 0.511. The molecule has 1 aromatic rings. The van der Waals surface area contributed by atoms with E-state index in [-0.39, 0.29) is 18.2 Å². The molecule has 0 aliphatic carbocycles. The summed E-state index contributed by atoms with van der Waals surface area (Å²) in [5.74, 6) is -0.262. The van der Waals surface area contributed by atoms with E-state index in [1.165, 1.54) is 24.3 Å². The Bertz CT molecular complexity index is 340. The van der Waals surface area contributed by atoms with Gasteiger partial charge in [0.05, 0.1) is 29.3 Å². The summed E-state index contributed by atoms with van der Waals surface area (Å²) in [5.41, 5.74) is 0.